The Labute approximate surface area is 51.5 Å². The average Bonchev–Trinajstić information content (AvgIpc) is 2.12. The smallest absolute Gasteiger partial charge is 0.0269 e. The summed E-state index contributed by atoms with van der Waals surface area (Å²) in [5, 5.41) is 4.44. The molecule has 1 aliphatic rings. The molecule has 0 aromatic carbocycles. The minimum atomic E-state index is 0.690. The Morgan fingerprint density at radius 2 is 2.25 bits per heavy atom. The molecule has 1 heteroatoms. The monoisotopic (exact) mass is 112 g/mol. The molecule has 1 saturated heterocycles. The maximum Gasteiger partial charge on any atom is 0.0269 e. The lowest BCUT2D eigenvalue weighted by Crippen LogP contribution is -2.20. The van der Waals surface area contributed by atoms with Crippen molar-refractivity contribution < 1.29 is 0 Å². The van der Waals surface area contributed by atoms with E-state index in [0.717, 1.165) is 12.5 Å². The number of rotatable bonds is 1. The molecular weight excluding hydrogens is 98.1 g/mol. The van der Waals surface area contributed by atoms with Gasteiger partial charge in [-0.05, 0) is 18.8 Å². The highest BCUT2D eigenvalue weighted by atomic mass is 14.9. The predicted octanol–water partition coefficient (Wildman–Crippen LogP) is 1.41. The van der Waals surface area contributed by atoms with Crippen LogP contribution in [0.2, 0.25) is 0 Å². The Balaban J connectivity index is 2.24. The van der Waals surface area contributed by atoms with Crippen molar-refractivity contribution in [3.8, 4) is 0 Å². The summed E-state index contributed by atoms with van der Waals surface area (Å²) in [5.41, 5.74) is 0. The summed E-state index contributed by atoms with van der Waals surface area (Å²) in [6.07, 6.45) is 2.65. The molecule has 0 spiro atoms. The standard InChI is InChI=1S/C7H14N/c1-6(2)7-4-3-5-8-7/h6-7H,3-5H2,1-2H3. The highest BCUT2D eigenvalue weighted by Crippen LogP contribution is 2.14. The molecule has 0 aliphatic carbocycles. The van der Waals surface area contributed by atoms with Crippen molar-refractivity contribution in [2.75, 3.05) is 6.54 Å². The second kappa shape index (κ2) is 2.49. The molecule has 1 fully saturated rings. The van der Waals surface area contributed by atoms with Gasteiger partial charge in [0.2, 0.25) is 0 Å². The Morgan fingerprint density at radius 1 is 1.50 bits per heavy atom. The van der Waals surface area contributed by atoms with Gasteiger partial charge < -0.3 is 0 Å². The lowest BCUT2D eigenvalue weighted by molar-refractivity contribution is 0.446. The molecule has 1 nitrogen and oxygen atoms in total. The van der Waals surface area contributed by atoms with Crippen molar-refractivity contribution in [1.82, 2.24) is 5.32 Å². The lowest BCUT2D eigenvalue weighted by Gasteiger charge is -2.10. The van der Waals surface area contributed by atoms with Crippen LogP contribution < -0.4 is 5.32 Å². The minimum absolute atomic E-state index is 0.690. The second-order valence-electron chi connectivity index (χ2n) is 2.86. The van der Waals surface area contributed by atoms with Gasteiger partial charge in [0, 0.05) is 12.6 Å². The van der Waals surface area contributed by atoms with Gasteiger partial charge in [-0.3, -0.25) is 0 Å². The first kappa shape index (κ1) is 6.09. The van der Waals surface area contributed by atoms with Crippen molar-refractivity contribution in [2.45, 2.75) is 32.7 Å². The molecule has 8 heavy (non-hydrogen) atoms. The molecule has 0 aromatic rings. The molecule has 1 heterocycles. The molecule has 0 aromatic heterocycles. The second-order valence-corrected chi connectivity index (χ2v) is 2.86. The Hall–Kier alpha value is -0.0400. The van der Waals surface area contributed by atoms with E-state index in [2.05, 4.69) is 19.2 Å². The van der Waals surface area contributed by atoms with Gasteiger partial charge >= 0.3 is 0 Å². The fourth-order valence-corrected chi connectivity index (χ4v) is 1.19. The minimum Gasteiger partial charge on any atom is -0.238 e. The summed E-state index contributed by atoms with van der Waals surface area (Å²) in [5.74, 6) is 0.775. The van der Waals surface area contributed by atoms with E-state index >= 15 is 0 Å². The van der Waals surface area contributed by atoms with E-state index in [0.29, 0.717) is 6.04 Å². The first-order valence-electron chi connectivity index (χ1n) is 3.47. The van der Waals surface area contributed by atoms with Gasteiger partial charge in [0.25, 0.3) is 0 Å². The van der Waals surface area contributed by atoms with Crippen molar-refractivity contribution >= 4 is 0 Å². The van der Waals surface area contributed by atoms with Gasteiger partial charge in [-0.25, -0.2) is 5.32 Å². The summed E-state index contributed by atoms with van der Waals surface area (Å²) in [6, 6.07) is 0.690. The number of hydrogen-bond donors (Lipinski definition) is 0. The molecule has 0 bridgehead atoms. The maximum absolute atomic E-state index is 4.44. The summed E-state index contributed by atoms with van der Waals surface area (Å²) < 4.78 is 0. The SMILES string of the molecule is CC(C)C1CCC[N]1. The number of nitrogens with zero attached hydrogens (tertiary/aromatic N) is 1. The van der Waals surface area contributed by atoms with Crippen molar-refractivity contribution in [2.24, 2.45) is 5.92 Å². The third kappa shape index (κ3) is 1.22. The van der Waals surface area contributed by atoms with E-state index in [1.807, 2.05) is 0 Å². The van der Waals surface area contributed by atoms with Crippen LogP contribution in [0.5, 0.6) is 0 Å². The molecule has 1 radical (unpaired) electrons. The largest absolute Gasteiger partial charge is 0.238 e. The van der Waals surface area contributed by atoms with E-state index < -0.39 is 0 Å². The van der Waals surface area contributed by atoms with Gasteiger partial charge in [0.05, 0.1) is 0 Å². The highest BCUT2D eigenvalue weighted by molar-refractivity contribution is 4.75. The van der Waals surface area contributed by atoms with Crippen LogP contribution in [0, 0.1) is 5.92 Å². The first-order valence-corrected chi connectivity index (χ1v) is 3.47. The summed E-state index contributed by atoms with van der Waals surface area (Å²) in [4.78, 5) is 0. The van der Waals surface area contributed by atoms with Gasteiger partial charge in [-0.2, -0.15) is 0 Å². The zero-order valence-electron chi connectivity index (χ0n) is 5.72. The fourth-order valence-electron chi connectivity index (χ4n) is 1.19. The van der Waals surface area contributed by atoms with E-state index in [1.165, 1.54) is 12.8 Å². The van der Waals surface area contributed by atoms with E-state index in [9.17, 15) is 0 Å². The average molecular weight is 112 g/mol. The molecular formula is C7H14N. The molecule has 1 atom stereocenters. The lowest BCUT2D eigenvalue weighted by atomic mass is 10.0. The maximum atomic E-state index is 4.44. The van der Waals surface area contributed by atoms with E-state index in [-0.39, 0.29) is 0 Å². The van der Waals surface area contributed by atoms with Crippen LogP contribution in [0.3, 0.4) is 0 Å². The molecule has 1 rings (SSSR count). The van der Waals surface area contributed by atoms with Gasteiger partial charge in [0.15, 0.2) is 0 Å². The topological polar surface area (TPSA) is 14.1 Å². The summed E-state index contributed by atoms with van der Waals surface area (Å²) in [6.45, 7) is 5.61. The van der Waals surface area contributed by atoms with E-state index in [4.69, 9.17) is 0 Å². The Kier molecular flexibility index (Phi) is 1.90. The molecule has 47 valence electrons. The summed E-state index contributed by atoms with van der Waals surface area (Å²) >= 11 is 0. The quantitative estimate of drug-likeness (QED) is 0.487. The Bertz CT molecular complexity index is 62.8. The van der Waals surface area contributed by atoms with Crippen LogP contribution in [-0.2, 0) is 0 Å². The Morgan fingerprint density at radius 3 is 2.50 bits per heavy atom. The number of hydrogen-bond acceptors (Lipinski definition) is 0. The van der Waals surface area contributed by atoms with Crippen LogP contribution >= 0.6 is 0 Å². The third-order valence-electron chi connectivity index (χ3n) is 1.79. The van der Waals surface area contributed by atoms with Gasteiger partial charge in [0.1, 0.15) is 0 Å². The van der Waals surface area contributed by atoms with Gasteiger partial charge in [-0.1, -0.05) is 13.8 Å². The molecule has 1 unspecified atom stereocenters. The molecule has 1 aliphatic heterocycles. The summed E-state index contributed by atoms with van der Waals surface area (Å²) in [7, 11) is 0. The molecule has 0 amide bonds. The van der Waals surface area contributed by atoms with Crippen molar-refractivity contribution in [3.05, 3.63) is 0 Å². The first-order chi connectivity index (χ1) is 3.80. The fraction of sp³-hybridized carbons (Fsp3) is 1.00. The van der Waals surface area contributed by atoms with Crippen LogP contribution in [0.15, 0.2) is 0 Å². The van der Waals surface area contributed by atoms with Gasteiger partial charge in [-0.15, -0.1) is 0 Å². The van der Waals surface area contributed by atoms with Crippen LogP contribution in [0.25, 0.3) is 0 Å². The third-order valence-corrected chi connectivity index (χ3v) is 1.79. The molecule has 0 saturated carbocycles. The van der Waals surface area contributed by atoms with Crippen molar-refractivity contribution in [1.29, 1.82) is 0 Å². The molecule has 0 N–H and O–H groups in total. The van der Waals surface area contributed by atoms with Crippen LogP contribution in [0.1, 0.15) is 26.7 Å². The van der Waals surface area contributed by atoms with Crippen LogP contribution in [-0.4, -0.2) is 12.6 Å². The highest BCUT2D eigenvalue weighted by Gasteiger charge is 2.17. The normalized spacial score (nSPS) is 29.6. The van der Waals surface area contributed by atoms with E-state index in [1.54, 1.807) is 0 Å². The van der Waals surface area contributed by atoms with Crippen LogP contribution in [0.4, 0.5) is 0 Å². The zero-order valence-corrected chi connectivity index (χ0v) is 5.72. The zero-order chi connectivity index (χ0) is 5.98. The van der Waals surface area contributed by atoms with Crippen molar-refractivity contribution in [3.63, 3.8) is 0 Å². The predicted molar refractivity (Wildman–Crippen MR) is 34.9 cm³/mol.